The van der Waals surface area contributed by atoms with Crippen LogP contribution in [0.4, 0.5) is 0 Å². The minimum atomic E-state index is -0.770. The van der Waals surface area contributed by atoms with Gasteiger partial charge < -0.3 is 23.9 Å². The number of methoxy groups -OCH3 is 2. The highest BCUT2D eigenvalue weighted by atomic mass is 16.5. The molecule has 0 saturated carbocycles. The number of rotatable bonds is 8. The number of furan rings is 1. The smallest absolute Gasteiger partial charge is 0.290 e. The number of carbonyl (C=O) groups is 2. The first kappa shape index (κ1) is 21.2. The van der Waals surface area contributed by atoms with Gasteiger partial charge in [-0.2, -0.15) is 0 Å². The van der Waals surface area contributed by atoms with Gasteiger partial charge in [0, 0.05) is 6.54 Å². The van der Waals surface area contributed by atoms with E-state index in [1.807, 2.05) is 24.3 Å². The number of benzene rings is 2. The lowest BCUT2D eigenvalue weighted by atomic mass is 9.94. The van der Waals surface area contributed by atoms with Crippen molar-refractivity contribution in [2.75, 3.05) is 20.8 Å². The second-order valence-corrected chi connectivity index (χ2v) is 7.34. The highest BCUT2D eigenvalue weighted by Crippen LogP contribution is 2.40. The largest absolute Gasteiger partial charge is 0.503 e. The summed E-state index contributed by atoms with van der Waals surface area (Å²) >= 11 is 0. The van der Waals surface area contributed by atoms with Crippen LogP contribution in [0.2, 0.25) is 0 Å². The first-order valence-corrected chi connectivity index (χ1v) is 10.1. The maximum atomic E-state index is 13.2. The van der Waals surface area contributed by atoms with Gasteiger partial charge in [-0.25, -0.2) is 0 Å². The van der Waals surface area contributed by atoms with Gasteiger partial charge in [0.05, 0.1) is 32.1 Å². The van der Waals surface area contributed by atoms with E-state index in [-0.39, 0.29) is 11.3 Å². The molecule has 164 valence electrons. The Morgan fingerprint density at radius 1 is 1.03 bits per heavy atom. The molecule has 1 unspecified atom stereocenters. The van der Waals surface area contributed by atoms with Crippen molar-refractivity contribution in [2.45, 2.75) is 12.5 Å². The lowest BCUT2D eigenvalue weighted by Gasteiger charge is -2.27. The number of Topliss-reactive ketones (excluding diaryl/α,β-unsaturated/α-hetero) is 1. The second-order valence-electron chi connectivity index (χ2n) is 7.34. The molecule has 2 aromatic carbocycles. The van der Waals surface area contributed by atoms with Crippen molar-refractivity contribution < 1.29 is 28.6 Å². The Kier molecular flexibility index (Phi) is 5.98. The number of carbonyl (C=O) groups excluding carboxylic acids is 2. The van der Waals surface area contributed by atoms with Gasteiger partial charge in [-0.15, -0.1) is 0 Å². The number of ether oxygens (including phenoxy) is 2. The van der Waals surface area contributed by atoms with Gasteiger partial charge in [0.25, 0.3) is 5.91 Å². The van der Waals surface area contributed by atoms with Crippen LogP contribution in [0.25, 0.3) is 0 Å². The number of hydrogen-bond acceptors (Lipinski definition) is 6. The van der Waals surface area contributed by atoms with E-state index in [2.05, 4.69) is 0 Å². The summed E-state index contributed by atoms with van der Waals surface area (Å²) in [6, 6.07) is 17.0. The van der Waals surface area contributed by atoms with Gasteiger partial charge in [-0.05, 0) is 53.9 Å². The normalized spacial score (nSPS) is 15.9. The molecule has 0 spiro atoms. The summed E-state index contributed by atoms with van der Waals surface area (Å²) in [6.07, 6.45) is 1.91. The van der Waals surface area contributed by atoms with E-state index in [0.717, 1.165) is 11.3 Å². The van der Waals surface area contributed by atoms with Crippen molar-refractivity contribution in [1.29, 1.82) is 0 Å². The van der Waals surface area contributed by atoms with E-state index < -0.39 is 23.5 Å². The molecule has 7 heteroatoms. The van der Waals surface area contributed by atoms with E-state index in [0.29, 0.717) is 24.3 Å². The van der Waals surface area contributed by atoms with E-state index in [9.17, 15) is 14.7 Å². The topological polar surface area (TPSA) is 89.2 Å². The van der Waals surface area contributed by atoms with Crippen molar-refractivity contribution in [2.24, 2.45) is 0 Å². The van der Waals surface area contributed by atoms with Crippen molar-refractivity contribution in [3.8, 4) is 11.5 Å². The highest BCUT2D eigenvalue weighted by Gasteiger charge is 2.44. The average Bonchev–Trinajstić information content (AvgIpc) is 3.45. The van der Waals surface area contributed by atoms with Crippen LogP contribution in [0.1, 0.15) is 27.7 Å². The highest BCUT2D eigenvalue weighted by molar-refractivity contribution is 6.15. The third-order valence-electron chi connectivity index (χ3n) is 5.50. The molecule has 1 aliphatic heterocycles. The maximum Gasteiger partial charge on any atom is 0.290 e. The van der Waals surface area contributed by atoms with Gasteiger partial charge in [-0.1, -0.05) is 24.3 Å². The van der Waals surface area contributed by atoms with Gasteiger partial charge in [-0.3, -0.25) is 9.59 Å². The van der Waals surface area contributed by atoms with E-state index >= 15 is 0 Å². The average molecular weight is 433 g/mol. The van der Waals surface area contributed by atoms with Gasteiger partial charge in [0.2, 0.25) is 5.78 Å². The lowest BCUT2D eigenvalue weighted by molar-refractivity contribution is -0.129. The van der Waals surface area contributed by atoms with Gasteiger partial charge in [0.1, 0.15) is 11.5 Å². The van der Waals surface area contributed by atoms with Crippen LogP contribution in [0.3, 0.4) is 0 Å². The van der Waals surface area contributed by atoms with Gasteiger partial charge in [0.15, 0.2) is 11.5 Å². The SMILES string of the molecule is COc1ccc(CCN2C(=O)C(O)=C(C(=O)c3ccco3)C2c2cccc(OC)c2)cc1. The van der Waals surface area contributed by atoms with Crippen molar-refractivity contribution >= 4 is 11.7 Å². The third-order valence-corrected chi connectivity index (χ3v) is 5.50. The van der Waals surface area contributed by atoms with Crippen LogP contribution in [-0.4, -0.2) is 42.5 Å². The van der Waals surface area contributed by atoms with Crippen molar-refractivity contribution in [3.63, 3.8) is 0 Å². The summed E-state index contributed by atoms with van der Waals surface area (Å²) in [5, 5.41) is 10.7. The summed E-state index contributed by atoms with van der Waals surface area (Å²) in [6.45, 7) is 0.298. The molecule has 32 heavy (non-hydrogen) atoms. The number of amides is 1. The fourth-order valence-electron chi connectivity index (χ4n) is 3.86. The quantitative estimate of drug-likeness (QED) is 0.538. The molecule has 4 rings (SSSR count). The molecule has 0 saturated heterocycles. The molecule has 1 atom stereocenters. The zero-order chi connectivity index (χ0) is 22.7. The van der Waals surface area contributed by atoms with Crippen LogP contribution in [0, 0.1) is 0 Å². The molecule has 7 nitrogen and oxygen atoms in total. The first-order valence-electron chi connectivity index (χ1n) is 10.1. The molecule has 0 aliphatic carbocycles. The molecular weight excluding hydrogens is 410 g/mol. The molecule has 1 aromatic heterocycles. The Morgan fingerprint density at radius 3 is 2.44 bits per heavy atom. The molecule has 1 amide bonds. The number of aliphatic hydroxyl groups is 1. The predicted molar refractivity (Wildman–Crippen MR) is 117 cm³/mol. The monoisotopic (exact) mass is 433 g/mol. The predicted octanol–water partition coefficient (Wildman–Crippen LogP) is 4.12. The lowest BCUT2D eigenvalue weighted by Crippen LogP contribution is -2.33. The zero-order valence-corrected chi connectivity index (χ0v) is 17.8. The van der Waals surface area contributed by atoms with Gasteiger partial charge >= 0.3 is 0 Å². The molecular formula is C25H23NO6. The minimum Gasteiger partial charge on any atom is -0.503 e. The number of aliphatic hydroxyl groups excluding tert-OH is 1. The van der Waals surface area contributed by atoms with Crippen LogP contribution >= 0.6 is 0 Å². The summed E-state index contributed by atoms with van der Waals surface area (Å²) in [7, 11) is 3.14. The maximum absolute atomic E-state index is 13.2. The number of ketones is 1. The standard InChI is InChI=1S/C25H23NO6/c1-30-18-10-8-16(9-11-18)12-13-26-22(17-5-3-6-19(15-17)31-2)21(24(28)25(26)29)23(27)20-7-4-14-32-20/h3-11,14-15,22,28H,12-13H2,1-2H3. The summed E-state index contributed by atoms with van der Waals surface area (Å²) < 4.78 is 15.8. The van der Waals surface area contributed by atoms with Crippen molar-refractivity contribution in [3.05, 3.63) is 95.1 Å². The summed E-state index contributed by atoms with van der Waals surface area (Å²) in [5.41, 5.74) is 1.65. The van der Waals surface area contributed by atoms with Crippen molar-refractivity contribution in [1.82, 2.24) is 4.90 Å². The minimum absolute atomic E-state index is 0.00654. The molecule has 1 N–H and O–H groups in total. The Hall–Kier alpha value is -4.00. The van der Waals surface area contributed by atoms with E-state index in [1.165, 1.54) is 17.2 Å². The molecule has 3 aromatic rings. The van der Waals surface area contributed by atoms with Crippen LogP contribution in [0.15, 0.2) is 82.7 Å². The summed E-state index contributed by atoms with van der Waals surface area (Å²) in [5.74, 6) is -0.299. The molecule has 0 bridgehead atoms. The van der Waals surface area contributed by atoms with Crippen LogP contribution < -0.4 is 9.47 Å². The Balaban J connectivity index is 1.69. The molecule has 0 fully saturated rings. The molecule has 1 aliphatic rings. The number of hydrogen-bond donors (Lipinski definition) is 1. The van der Waals surface area contributed by atoms with Crippen LogP contribution in [-0.2, 0) is 11.2 Å². The molecule has 0 radical (unpaired) electrons. The fraction of sp³-hybridized carbons (Fsp3) is 0.200. The Labute approximate surface area is 185 Å². The third kappa shape index (κ3) is 3.97. The summed E-state index contributed by atoms with van der Waals surface area (Å²) in [4.78, 5) is 27.7. The molecule has 2 heterocycles. The van der Waals surface area contributed by atoms with E-state index in [4.69, 9.17) is 13.9 Å². The first-order chi connectivity index (χ1) is 15.5. The Morgan fingerprint density at radius 2 is 1.78 bits per heavy atom. The van der Waals surface area contributed by atoms with E-state index in [1.54, 1.807) is 44.6 Å². The Bertz CT molecular complexity index is 1150. The second kappa shape index (κ2) is 9.01. The van der Waals surface area contributed by atoms with Crippen LogP contribution in [0.5, 0.6) is 11.5 Å². The fourth-order valence-corrected chi connectivity index (χ4v) is 3.86. The number of nitrogens with zero attached hydrogens (tertiary/aromatic N) is 1. The zero-order valence-electron chi connectivity index (χ0n) is 17.8.